The summed E-state index contributed by atoms with van der Waals surface area (Å²) in [5.74, 6) is -0.532. The highest BCUT2D eigenvalue weighted by atomic mass is 79.9. The van der Waals surface area contributed by atoms with Gasteiger partial charge in [0, 0.05) is 22.3 Å². The third-order valence-electron chi connectivity index (χ3n) is 2.95. The number of halogens is 1. The zero-order valence-corrected chi connectivity index (χ0v) is 13.1. The van der Waals surface area contributed by atoms with Crippen LogP contribution in [-0.4, -0.2) is 16.1 Å². The van der Waals surface area contributed by atoms with Crippen molar-refractivity contribution < 1.29 is 14.3 Å². The van der Waals surface area contributed by atoms with Crippen LogP contribution >= 0.6 is 27.3 Å². The van der Waals surface area contributed by atoms with E-state index in [1.807, 2.05) is 29.6 Å². The Labute approximate surface area is 133 Å². The number of carbonyl (C=O) groups is 1. The molecule has 4 nitrogen and oxygen atoms in total. The molecule has 1 aromatic carbocycles. The first-order valence-corrected chi connectivity index (χ1v) is 7.81. The van der Waals surface area contributed by atoms with Gasteiger partial charge in [-0.05, 0) is 11.6 Å². The van der Waals surface area contributed by atoms with Crippen LogP contribution in [0.1, 0.15) is 20.9 Å². The summed E-state index contributed by atoms with van der Waals surface area (Å²) in [4.78, 5) is 15.3. The van der Waals surface area contributed by atoms with Gasteiger partial charge in [-0.1, -0.05) is 34.1 Å². The number of aromatic nitrogens is 1. The zero-order chi connectivity index (χ0) is 14.8. The number of carboxylic acid groups (broad SMARTS) is 1. The van der Waals surface area contributed by atoms with Gasteiger partial charge in [-0.15, -0.1) is 11.3 Å². The van der Waals surface area contributed by atoms with Crippen molar-refractivity contribution in [2.75, 3.05) is 0 Å². The van der Waals surface area contributed by atoms with E-state index in [1.165, 1.54) is 23.7 Å². The van der Waals surface area contributed by atoms with E-state index in [-0.39, 0.29) is 5.56 Å². The Morgan fingerprint density at radius 3 is 2.90 bits per heavy atom. The molecule has 21 heavy (non-hydrogen) atoms. The van der Waals surface area contributed by atoms with Gasteiger partial charge in [0.25, 0.3) is 0 Å². The lowest BCUT2D eigenvalue weighted by Crippen LogP contribution is -1.91. The Morgan fingerprint density at radius 2 is 2.19 bits per heavy atom. The first kappa shape index (κ1) is 14.0. The molecule has 0 radical (unpaired) electrons. The summed E-state index contributed by atoms with van der Waals surface area (Å²) in [7, 11) is 0. The molecule has 106 valence electrons. The number of thiazole rings is 1. The molecule has 2 aromatic heterocycles. The van der Waals surface area contributed by atoms with Gasteiger partial charge < -0.3 is 9.52 Å². The zero-order valence-electron chi connectivity index (χ0n) is 10.7. The van der Waals surface area contributed by atoms with Crippen LogP contribution in [0.25, 0.3) is 11.5 Å². The van der Waals surface area contributed by atoms with Crippen molar-refractivity contribution in [3.05, 3.63) is 62.6 Å². The first-order valence-electron chi connectivity index (χ1n) is 6.13. The summed E-state index contributed by atoms with van der Waals surface area (Å²) in [6.07, 6.45) is 1.95. The van der Waals surface area contributed by atoms with E-state index in [1.54, 1.807) is 0 Å². The highest BCUT2D eigenvalue weighted by Crippen LogP contribution is 2.27. The van der Waals surface area contributed by atoms with Gasteiger partial charge in [-0.25, -0.2) is 9.78 Å². The summed E-state index contributed by atoms with van der Waals surface area (Å²) in [6.45, 7) is 0. The molecule has 0 aliphatic heterocycles. The summed E-state index contributed by atoms with van der Waals surface area (Å²) < 4.78 is 6.30. The van der Waals surface area contributed by atoms with Crippen molar-refractivity contribution >= 4 is 33.2 Å². The molecule has 0 fully saturated rings. The SMILES string of the molecule is O=C(O)c1coc(-c2csc(Cc3ccccc3Br)n2)c1. The van der Waals surface area contributed by atoms with E-state index in [9.17, 15) is 4.79 Å². The number of furan rings is 1. The Morgan fingerprint density at radius 1 is 1.38 bits per heavy atom. The first-order chi connectivity index (χ1) is 10.1. The molecule has 0 aliphatic rings. The van der Waals surface area contributed by atoms with Crippen LogP contribution in [0.3, 0.4) is 0 Å². The van der Waals surface area contributed by atoms with Crippen LogP contribution in [-0.2, 0) is 6.42 Å². The van der Waals surface area contributed by atoms with Crippen LogP contribution in [0.4, 0.5) is 0 Å². The maximum atomic E-state index is 10.8. The van der Waals surface area contributed by atoms with E-state index >= 15 is 0 Å². The normalized spacial score (nSPS) is 10.7. The molecule has 0 unspecified atom stereocenters. The molecule has 0 amide bonds. The molecule has 0 bridgehead atoms. The maximum absolute atomic E-state index is 10.8. The second-order valence-electron chi connectivity index (χ2n) is 4.40. The topological polar surface area (TPSA) is 63.3 Å². The Hall–Kier alpha value is -1.92. The smallest absolute Gasteiger partial charge is 0.338 e. The number of hydrogen-bond acceptors (Lipinski definition) is 4. The van der Waals surface area contributed by atoms with Crippen molar-refractivity contribution in [1.82, 2.24) is 4.98 Å². The molecule has 3 rings (SSSR count). The van der Waals surface area contributed by atoms with Gasteiger partial charge in [0.2, 0.25) is 0 Å². The van der Waals surface area contributed by atoms with Crippen molar-refractivity contribution in [2.45, 2.75) is 6.42 Å². The van der Waals surface area contributed by atoms with Crippen molar-refractivity contribution in [2.24, 2.45) is 0 Å². The highest BCUT2D eigenvalue weighted by molar-refractivity contribution is 9.10. The minimum atomic E-state index is -1.01. The molecule has 0 spiro atoms. The largest absolute Gasteiger partial charge is 0.478 e. The van der Waals surface area contributed by atoms with Crippen molar-refractivity contribution in [3.8, 4) is 11.5 Å². The molecule has 6 heteroatoms. The van der Waals surface area contributed by atoms with Crippen LogP contribution in [0.15, 0.2) is 50.9 Å². The second kappa shape index (κ2) is 5.83. The third kappa shape index (κ3) is 3.06. The number of nitrogens with zero attached hydrogens (tertiary/aromatic N) is 1. The van der Waals surface area contributed by atoms with E-state index in [0.29, 0.717) is 11.5 Å². The summed E-state index contributed by atoms with van der Waals surface area (Å²) in [5, 5.41) is 11.7. The molecule has 2 heterocycles. The fourth-order valence-electron chi connectivity index (χ4n) is 1.89. The lowest BCUT2D eigenvalue weighted by molar-refractivity contribution is 0.0696. The van der Waals surface area contributed by atoms with Crippen LogP contribution < -0.4 is 0 Å². The summed E-state index contributed by atoms with van der Waals surface area (Å²) in [5.41, 5.74) is 1.95. The van der Waals surface area contributed by atoms with E-state index in [4.69, 9.17) is 9.52 Å². The molecular weight excluding hydrogens is 354 g/mol. The summed E-state index contributed by atoms with van der Waals surface area (Å²) in [6, 6.07) is 9.48. The van der Waals surface area contributed by atoms with Gasteiger partial charge in [0.05, 0.1) is 10.6 Å². The van der Waals surface area contributed by atoms with Crippen LogP contribution in [0.2, 0.25) is 0 Å². The molecule has 3 aromatic rings. The monoisotopic (exact) mass is 363 g/mol. The van der Waals surface area contributed by atoms with Gasteiger partial charge in [0.1, 0.15) is 12.0 Å². The highest BCUT2D eigenvalue weighted by Gasteiger charge is 2.13. The number of rotatable bonds is 4. The van der Waals surface area contributed by atoms with E-state index < -0.39 is 5.97 Å². The van der Waals surface area contributed by atoms with Crippen molar-refractivity contribution in [3.63, 3.8) is 0 Å². The van der Waals surface area contributed by atoms with Crippen molar-refractivity contribution in [1.29, 1.82) is 0 Å². The van der Waals surface area contributed by atoms with Gasteiger partial charge in [0.15, 0.2) is 5.76 Å². The molecule has 0 atom stereocenters. The fourth-order valence-corrected chi connectivity index (χ4v) is 3.12. The van der Waals surface area contributed by atoms with Gasteiger partial charge in [-0.2, -0.15) is 0 Å². The third-order valence-corrected chi connectivity index (χ3v) is 4.57. The predicted molar refractivity (Wildman–Crippen MR) is 83.7 cm³/mol. The van der Waals surface area contributed by atoms with Crippen LogP contribution in [0.5, 0.6) is 0 Å². The lowest BCUT2D eigenvalue weighted by atomic mass is 10.2. The van der Waals surface area contributed by atoms with Gasteiger partial charge >= 0.3 is 5.97 Å². The Balaban J connectivity index is 1.83. The Bertz CT molecular complexity index is 794. The van der Waals surface area contributed by atoms with E-state index in [2.05, 4.69) is 20.9 Å². The average Bonchev–Trinajstić information content (AvgIpc) is 3.10. The predicted octanol–water partition coefficient (Wildman–Crippen LogP) is 4.45. The minimum Gasteiger partial charge on any atom is -0.478 e. The number of aromatic carboxylic acids is 1. The van der Waals surface area contributed by atoms with E-state index in [0.717, 1.165) is 21.5 Å². The second-order valence-corrected chi connectivity index (χ2v) is 6.20. The standard InChI is InChI=1S/C15H10BrNO3S/c16-11-4-2-1-3-9(11)6-14-17-12(8-21-14)13-5-10(7-20-13)15(18)19/h1-5,7-8H,6H2,(H,18,19). The molecule has 0 saturated heterocycles. The number of benzene rings is 1. The average molecular weight is 364 g/mol. The Kier molecular flexibility index (Phi) is 3.90. The van der Waals surface area contributed by atoms with Crippen LogP contribution in [0, 0.1) is 0 Å². The molecular formula is C15H10BrNO3S. The lowest BCUT2D eigenvalue weighted by Gasteiger charge is -2.00. The summed E-state index contributed by atoms with van der Waals surface area (Å²) >= 11 is 5.04. The maximum Gasteiger partial charge on any atom is 0.338 e. The number of hydrogen-bond donors (Lipinski definition) is 1. The molecule has 0 aliphatic carbocycles. The number of carboxylic acids is 1. The molecule has 1 N–H and O–H groups in total. The fraction of sp³-hybridized carbons (Fsp3) is 0.0667. The van der Waals surface area contributed by atoms with Gasteiger partial charge in [-0.3, -0.25) is 0 Å². The quantitative estimate of drug-likeness (QED) is 0.743. The minimum absolute atomic E-state index is 0.130. The molecule has 0 saturated carbocycles.